The molecular weight excluding hydrogens is 372 g/mol. The number of hydrogen-bond acceptors (Lipinski definition) is 4. The molecule has 0 bridgehead atoms. The lowest BCUT2D eigenvalue weighted by Gasteiger charge is -2.19. The minimum atomic E-state index is -0.543. The van der Waals surface area contributed by atoms with E-state index in [4.69, 9.17) is 9.15 Å². The van der Waals surface area contributed by atoms with Crippen LogP contribution in [0.5, 0.6) is 0 Å². The molecule has 0 aliphatic rings. The van der Waals surface area contributed by atoms with Crippen molar-refractivity contribution in [1.29, 1.82) is 0 Å². The van der Waals surface area contributed by atoms with Crippen LogP contribution in [-0.2, 0) is 11.2 Å². The van der Waals surface area contributed by atoms with Gasteiger partial charge in [0.15, 0.2) is 0 Å². The number of hydrogen-bond donors (Lipinski definition) is 0. The third-order valence-electron chi connectivity index (χ3n) is 3.46. The fourth-order valence-electron chi connectivity index (χ4n) is 2.47. The van der Waals surface area contributed by atoms with E-state index >= 15 is 0 Å². The van der Waals surface area contributed by atoms with Crippen molar-refractivity contribution in [2.45, 2.75) is 32.8 Å². The number of nitrogens with zero attached hydrogens (tertiary/aromatic N) is 2. The molecule has 2 aromatic heterocycles. The molecule has 0 spiro atoms. The van der Waals surface area contributed by atoms with E-state index in [-0.39, 0.29) is 0 Å². The maximum atomic E-state index is 12.4. The van der Waals surface area contributed by atoms with Crippen molar-refractivity contribution in [2.75, 3.05) is 5.33 Å². The Labute approximate surface area is 148 Å². The summed E-state index contributed by atoms with van der Waals surface area (Å²) < 4.78 is 12.6. The van der Waals surface area contributed by atoms with Crippen LogP contribution in [0.2, 0.25) is 0 Å². The SMILES string of the molecule is CC(C)(C)OC(=O)n1ccc2c(-c3nc(CCBr)co3)cccc21. The molecule has 0 unspecified atom stereocenters. The van der Waals surface area contributed by atoms with Gasteiger partial charge in [-0.1, -0.05) is 22.0 Å². The van der Waals surface area contributed by atoms with Gasteiger partial charge < -0.3 is 9.15 Å². The first kappa shape index (κ1) is 16.8. The van der Waals surface area contributed by atoms with Crippen molar-refractivity contribution >= 4 is 32.9 Å². The standard InChI is InChI=1S/C18H19BrN2O3/c1-18(2,3)24-17(22)21-10-8-13-14(5-4-6-15(13)21)16-20-12(7-9-19)11-23-16/h4-6,8,10-11H,7,9H2,1-3H3. The van der Waals surface area contributed by atoms with Gasteiger partial charge in [-0.15, -0.1) is 0 Å². The molecule has 0 atom stereocenters. The van der Waals surface area contributed by atoms with Gasteiger partial charge in [0.2, 0.25) is 5.89 Å². The Morgan fingerprint density at radius 2 is 2.12 bits per heavy atom. The van der Waals surface area contributed by atoms with Crippen LogP contribution in [0.25, 0.3) is 22.4 Å². The fourth-order valence-corrected chi connectivity index (χ4v) is 2.87. The van der Waals surface area contributed by atoms with Crippen molar-refractivity contribution < 1.29 is 13.9 Å². The first-order chi connectivity index (χ1) is 11.4. The van der Waals surface area contributed by atoms with Crippen LogP contribution in [0.15, 0.2) is 41.1 Å². The number of fused-ring (bicyclic) bond motifs is 1. The Balaban J connectivity index is 2.01. The number of aromatic nitrogens is 2. The Bertz CT molecular complexity index is 874. The maximum absolute atomic E-state index is 12.4. The number of carbonyl (C=O) groups is 1. The molecule has 0 fully saturated rings. The lowest BCUT2D eigenvalue weighted by Crippen LogP contribution is -2.26. The number of halogens is 1. The Kier molecular flexibility index (Phi) is 4.49. The van der Waals surface area contributed by atoms with E-state index in [1.165, 1.54) is 4.57 Å². The van der Waals surface area contributed by atoms with Crippen molar-refractivity contribution in [3.05, 3.63) is 42.4 Å². The number of oxazole rings is 1. The summed E-state index contributed by atoms with van der Waals surface area (Å²) in [7, 11) is 0. The zero-order chi connectivity index (χ0) is 17.3. The molecule has 5 nitrogen and oxygen atoms in total. The molecule has 0 amide bonds. The fraction of sp³-hybridized carbons (Fsp3) is 0.333. The predicted molar refractivity (Wildman–Crippen MR) is 96.6 cm³/mol. The molecule has 0 N–H and O–H groups in total. The summed E-state index contributed by atoms with van der Waals surface area (Å²) in [5.74, 6) is 0.554. The summed E-state index contributed by atoms with van der Waals surface area (Å²) >= 11 is 3.40. The van der Waals surface area contributed by atoms with E-state index in [9.17, 15) is 4.79 Å². The Morgan fingerprint density at radius 3 is 2.83 bits per heavy atom. The Morgan fingerprint density at radius 1 is 1.33 bits per heavy atom. The van der Waals surface area contributed by atoms with Crippen molar-refractivity contribution in [3.63, 3.8) is 0 Å². The van der Waals surface area contributed by atoms with Crippen molar-refractivity contribution in [2.24, 2.45) is 0 Å². The van der Waals surface area contributed by atoms with Crippen LogP contribution < -0.4 is 0 Å². The largest absolute Gasteiger partial charge is 0.444 e. The van der Waals surface area contributed by atoms with Gasteiger partial charge in [0.25, 0.3) is 0 Å². The van der Waals surface area contributed by atoms with E-state index in [2.05, 4.69) is 20.9 Å². The molecule has 6 heteroatoms. The third kappa shape index (κ3) is 3.38. The molecule has 0 aliphatic heterocycles. The highest BCUT2D eigenvalue weighted by Crippen LogP contribution is 2.29. The first-order valence-electron chi connectivity index (χ1n) is 7.73. The van der Waals surface area contributed by atoms with Gasteiger partial charge >= 0.3 is 6.09 Å². The number of ether oxygens (including phenoxy) is 1. The minimum absolute atomic E-state index is 0.401. The Hall–Kier alpha value is -2.08. The van der Waals surface area contributed by atoms with Crippen LogP contribution in [0.1, 0.15) is 26.5 Å². The monoisotopic (exact) mass is 390 g/mol. The van der Waals surface area contributed by atoms with E-state index in [1.807, 2.05) is 45.0 Å². The second kappa shape index (κ2) is 6.43. The highest BCUT2D eigenvalue weighted by molar-refractivity contribution is 9.09. The molecule has 3 aromatic rings. The summed E-state index contributed by atoms with van der Waals surface area (Å²) in [4.78, 5) is 16.9. The van der Waals surface area contributed by atoms with Crippen LogP contribution in [-0.4, -0.2) is 26.6 Å². The highest BCUT2D eigenvalue weighted by atomic mass is 79.9. The van der Waals surface area contributed by atoms with Gasteiger partial charge in [-0.25, -0.2) is 9.78 Å². The number of benzene rings is 1. The minimum Gasteiger partial charge on any atom is -0.444 e. The van der Waals surface area contributed by atoms with E-state index < -0.39 is 11.7 Å². The van der Waals surface area contributed by atoms with Crippen LogP contribution in [0.3, 0.4) is 0 Å². The second-order valence-electron chi connectivity index (χ2n) is 6.49. The summed E-state index contributed by atoms with van der Waals surface area (Å²) in [6, 6.07) is 7.58. The zero-order valence-electron chi connectivity index (χ0n) is 13.9. The number of aryl methyl sites for hydroxylation is 1. The molecule has 0 aliphatic carbocycles. The summed E-state index contributed by atoms with van der Waals surface area (Å²) in [5.41, 5.74) is 1.97. The molecular formula is C18H19BrN2O3. The average Bonchev–Trinajstić information content (AvgIpc) is 3.12. The molecule has 24 heavy (non-hydrogen) atoms. The van der Waals surface area contributed by atoms with Gasteiger partial charge in [-0.2, -0.15) is 0 Å². The van der Waals surface area contributed by atoms with Crippen LogP contribution in [0.4, 0.5) is 4.79 Å². The van der Waals surface area contributed by atoms with Gasteiger partial charge in [0.05, 0.1) is 11.2 Å². The lowest BCUT2D eigenvalue weighted by molar-refractivity contribution is 0.0544. The number of rotatable bonds is 3. The first-order valence-corrected chi connectivity index (χ1v) is 8.85. The van der Waals surface area contributed by atoms with E-state index in [0.717, 1.165) is 33.9 Å². The quantitative estimate of drug-likeness (QED) is 0.589. The highest BCUT2D eigenvalue weighted by Gasteiger charge is 2.20. The normalized spacial score (nSPS) is 11.8. The summed E-state index contributed by atoms with van der Waals surface area (Å²) in [5, 5.41) is 1.73. The molecule has 0 saturated heterocycles. The number of carbonyl (C=O) groups excluding carboxylic acids is 1. The molecule has 0 saturated carbocycles. The molecule has 0 radical (unpaired) electrons. The molecule has 1 aromatic carbocycles. The van der Waals surface area contributed by atoms with E-state index in [1.54, 1.807) is 12.5 Å². The smallest absolute Gasteiger partial charge is 0.418 e. The average molecular weight is 391 g/mol. The lowest BCUT2D eigenvalue weighted by atomic mass is 10.1. The zero-order valence-corrected chi connectivity index (χ0v) is 15.5. The molecule has 126 valence electrons. The van der Waals surface area contributed by atoms with E-state index in [0.29, 0.717) is 5.89 Å². The van der Waals surface area contributed by atoms with Crippen LogP contribution >= 0.6 is 15.9 Å². The third-order valence-corrected chi connectivity index (χ3v) is 3.85. The van der Waals surface area contributed by atoms with Gasteiger partial charge in [-0.3, -0.25) is 4.57 Å². The van der Waals surface area contributed by atoms with Gasteiger partial charge in [0, 0.05) is 28.9 Å². The van der Waals surface area contributed by atoms with Gasteiger partial charge in [-0.05, 0) is 39.0 Å². The topological polar surface area (TPSA) is 57.3 Å². The summed E-state index contributed by atoms with van der Waals surface area (Å²) in [6.07, 6.45) is 3.78. The molecule has 3 rings (SSSR count). The van der Waals surface area contributed by atoms with Gasteiger partial charge in [0.1, 0.15) is 11.9 Å². The predicted octanol–water partition coefficient (Wildman–Crippen LogP) is 5.02. The second-order valence-corrected chi connectivity index (χ2v) is 7.28. The molecule has 2 heterocycles. The maximum Gasteiger partial charge on any atom is 0.418 e. The van der Waals surface area contributed by atoms with Crippen LogP contribution in [0, 0.1) is 0 Å². The number of alkyl halides is 1. The summed E-state index contributed by atoms with van der Waals surface area (Å²) in [6.45, 7) is 5.54. The van der Waals surface area contributed by atoms with Crippen molar-refractivity contribution in [1.82, 2.24) is 9.55 Å². The van der Waals surface area contributed by atoms with Crippen molar-refractivity contribution in [3.8, 4) is 11.5 Å².